The van der Waals surface area contributed by atoms with Crippen molar-refractivity contribution in [3.05, 3.63) is 69.9 Å². The number of hydrogen-bond acceptors (Lipinski definition) is 9. The Balaban J connectivity index is 1.14. The fraction of sp³-hybridized carbons (Fsp3) is 0.500. The predicted octanol–water partition coefficient (Wildman–Crippen LogP) is 3.85. The van der Waals surface area contributed by atoms with Gasteiger partial charge in [0, 0.05) is 45.1 Å². The highest BCUT2D eigenvalue weighted by Gasteiger charge is 2.42. The maximum atomic E-state index is 14.2. The fourth-order valence-electron chi connectivity index (χ4n) is 5.58. The van der Waals surface area contributed by atoms with Crippen LogP contribution in [-0.2, 0) is 28.4 Å². The van der Waals surface area contributed by atoms with Crippen LogP contribution < -0.4 is 20.1 Å². The van der Waals surface area contributed by atoms with E-state index in [0.717, 1.165) is 23.3 Å². The first-order valence-corrected chi connectivity index (χ1v) is 14.8. The minimum atomic E-state index is -4.93. The van der Waals surface area contributed by atoms with Gasteiger partial charge in [0.1, 0.15) is 17.9 Å². The van der Waals surface area contributed by atoms with Crippen molar-refractivity contribution < 1.29 is 40.6 Å². The Bertz CT molecular complexity index is 1590. The number of halogens is 6. The van der Waals surface area contributed by atoms with Crippen molar-refractivity contribution in [1.82, 2.24) is 24.6 Å². The molecule has 1 atom stereocenters. The van der Waals surface area contributed by atoms with Gasteiger partial charge in [-0.1, -0.05) is 12.1 Å². The molecule has 0 N–H and O–H groups in total. The van der Waals surface area contributed by atoms with E-state index >= 15 is 0 Å². The largest absolute Gasteiger partial charge is 0.497 e. The highest BCUT2D eigenvalue weighted by Crippen LogP contribution is 2.37. The lowest BCUT2D eigenvalue weighted by atomic mass is 10.0. The van der Waals surface area contributed by atoms with E-state index in [1.807, 2.05) is 0 Å². The number of carbonyl (C=O) groups is 1. The maximum Gasteiger partial charge on any atom is 0.423 e. The number of nitrogens with zero attached hydrogens (tertiary/aromatic N) is 7. The van der Waals surface area contributed by atoms with Crippen LogP contribution >= 0.6 is 0 Å². The van der Waals surface area contributed by atoms with Gasteiger partial charge in [-0.15, -0.1) is 0 Å². The van der Waals surface area contributed by atoms with Gasteiger partial charge in [-0.25, -0.2) is 14.6 Å². The first-order chi connectivity index (χ1) is 22.3. The van der Waals surface area contributed by atoms with Gasteiger partial charge in [0.25, 0.3) is 5.56 Å². The first kappa shape index (κ1) is 33.9. The Morgan fingerprint density at radius 2 is 1.62 bits per heavy atom. The van der Waals surface area contributed by atoms with E-state index in [-0.39, 0.29) is 49.9 Å². The zero-order valence-electron chi connectivity index (χ0n) is 25.6. The summed E-state index contributed by atoms with van der Waals surface area (Å²) in [5, 5.41) is 4.02. The Morgan fingerprint density at radius 3 is 2.17 bits per heavy atom. The molecule has 2 saturated heterocycles. The second kappa shape index (κ2) is 13.8. The number of aromatic nitrogens is 4. The molecule has 17 heteroatoms. The van der Waals surface area contributed by atoms with Crippen LogP contribution in [0, 0.1) is 0 Å². The van der Waals surface area contributed by atoms with E-state index in [2.05, 4.69) is 15.1 Å². The summed E-state index contributed by atoms with van der Waals surface area (Å²) in [6.45, 7) is 0.637. The molecule has 2 aliphatic rings. The number of methoxy groups -OCH3 is 1. The maximum absolute atomic E-state index is 14.2. The number of piperidine rings is 1. The van der Waals surface area contributed by atoms with Crippen LogP contribution in [0.2, 0.25) is 0 Å². The van der Waals surface area contributed by atoms with Gasteiger partial charge in [-0.2, -0.15) is 31.4 Å². The topological polar surface area (TPSA) is 106 Å². The second-order valence-electron chi connectivity index (χ2n) is 11.4. The van der Waals surface area contributed by atoms with Crippen molar-refractivity contribution in [3.63, 3.8) is 0 Å². The van der Waals surface area contributed by atoms with Gasteiger partial charge < -0.3 is 24.2 Å². The molecule has 5 rings (SSSR count). The van der Waals surface area contributed by atoms with Crippen LogP contribution in [0.1, 0.15) is 36.0 Å². The zero-order chi connectivity index (χ0) is 33.9. The van der Waals surface area contributed by atoms with Gasteiger partial charge in [-0.3, -0.25) is 9.59 Å². The van der Waals surface area contributed by atoms with Crippen LogP contribution in [0.15, 0.2) is 47.7 Å². The number of carbonyl (C=O) groups excluding carboxylic acids is 1. The molecule has 11 nitrogen and oxygen atoms in total. The average Bonchev–Trinajstić information content (AvgIpc) is 3.03. The van der Waals surface area contributed by atoms with Crippen LogP contribution in [0.5, 0.6) is 5.75 Å². The second-order valence-corrected chi connectivity index (χ2v) is 11.4. The zero-order valence-corrected chi connectivity index (χ0v) is 25.6. The van der Waals surface area contributed by atoms with Crippen molar-refractivity contribution >= 4 is 17.5 Å². The van der Waals surface area contributed by atoms with Gasteiger partial charge in [0.05, 0.1) is 43.8 Å². The molecular formula is C30H33F6N7O4. The number of likely N-dealkylation sites (N-methyl/N-ethyl adjacent to an activating group) is 1. The molecule has 0 aliphatic carbocycles. The van der Waals surface area contributed by atoms with Crippen LogP contribution in [0.25, 0.3) is 0 Å². The molecule has 2 aliphatic heterocycles. The Labute approximate surface area is 265 Å². The number of rotatable bonds is 10. The molecule has 47 heavy (non-hydrogen) atoms. The third-order valence-electron chi connectivity index (χ3n) is 8.44. The molecule has 0 saturated carbocycles. The SMILES string of the molecule is COc1ccc(Cn2ncc(N3CC[C@H]3COCC(=O)N(C)C3CCN(c4ncc(C(F)(F)F)cn4)CC3)c(C(F)(F)F)c2=O)cc1. The quantitative estimate of drug-likeness (QED) is 0.298. The van der Waals surface area contributed by atoms with Crippen molar-refractivity contribution in [2.75, 3.05) is 56.8 Å². The summed E-state index contributed by atoms with van der Waals surface area (Å²) in [5.74, 6) is 0.423. The average molecular weight is 670 g/mol. The standard InChI is InChI=1S/C30H33F6N7O4/c1-40(21-7-10-41(11-8-21)28-37-13-20(14-38-28)29(31,32)33)25(44)18-47-17-22-9-12-42(22)24-15-39-43(27(45)26(24)30(34,35)36)16-19-3-5-23(46-2)6-4-19/h3-6,13-15,21-22H,7-12,16-18H2,1-2H3/t22-/m0/s1. The van der Waals surface area contributed by atoms with Crippen LogP contribution in [0.4, 0.5) is 38.0 Å². The normalized spacial score (nSPS) is 17.4. The molecule has 1 aromatic carbocycles. The molecule has 0 bridgehead atoms. The van der Waals surface area contributed by atoms with Crippen molar-refractivity contribution in [2.45, 2.75) is 50.2 Å². The van der Waals surface area contributed by atoms with E-state index < -0.39 is 35.1 Å². The fourth-order valence-corrected chi connectivity index (χ4v) is 5.58. The molecule has 0 spiro atoms. The van der Waals surface area contributed by atoms with Gasteiger partial charge >= 0.3 is 12.4 Å². The summed E-state index contributed by atoms with van der Waals surface area (Å²) in [6.07, 6.45) is -5.38. The lowest BCUT2D eigenvalue weighted by Gasteiger charge is -2.43. The van der Waals surface area contributed by atoms with Gasteiger partial charge in [-0.05, 0) is 37.0 Å². The molecular weight excluding hydrogens is 636 g/mol. The third-order valence-corrected chi connectivity index (χ3v) is 8.44. The Morgan fingerprint density at radius 1 is 0.957 bits per heavy atom. The summed E-state index contributed by atoms with van der Waals surface area (Å²) in [4.78, 5) is 38.2. The molecule has 0 unspecified atom stereocenters. The van der Waals surface area contributed by atoms with Crippen molar-refractivity contribution in [2.24, 2.45) is 0 Å². The predicted molar refractivity (Wildman–Crippen MR) is 157 cm³/mol. The monoisotopic (exact) mass is 669 g/mol. The van der Waals surface area contributed by atoms with E-state index in [1.165, 1.54) is 16.9 Å². The first-order valence-electron chi connectivity index (χ1n) is 14.8. The van der Waals surface area contributed by atoms with Crippen molar-refractivity contribution in [3.8, 4) is 5.75 Å². The summed E-state index contributed by atoms with van der Waals surface area (Å²) in [5.41, 5.74) is -3.26. The molecule has 4 heterocycles. The van der Waals surface area contributed by atoms with Gasteiger partial charge in [0.2, 0.25) is 11.9 Å². The molecule has 3 aromatic rings. The highest BCUT2D eigenvalue weighted by molar-refractivity contribution is 5.77. The number of amides is 1. The smallest absolute Gasteiger partial charge is 0.423 e. The third kappa shape index (κ3) is 7.77. The number of hydrogen-bond donors (Lipinski definition) is 0. The summed E-state index contributed by atoms with van der Waals surface area (Å²) < 4.78 is 92.3. The Hall–Kier alpha value is -4.41. The summed E-state index contributed by atoms with van der Waals surface area (Å²) >= 11 is 0. The van der Waals surface area contributed by atoms with E-state index in [4.69, 9.17) is 9.47 Å². The van der Waals surface area contributed by atoms with E-state index in [9.17, 15) is 35.9 Å². The number of ether oxygens (including phenoxy) is 2. The molecule has 2 aromatic heterocycles. The summed E-state index contributed by atoms with van der Waals surface area (Å²) in [6, 6.07) is 5.91. The number of anilines is 2. The molecule has 0 radical (unpaired) electrons. The Kier molecular flexibility index (Phi) is 9.93. The lowest BCUT2D eigenvalue weighted by Crippen LogP contribution is -2.52. The minimum Gasteiger partial charge on any atom is -0.497 e. The molecule has 1 amide bonds. The number of benzene rings is 1. The van der Waals surface area contributed by atoms with E-state index in [0.29, 0.717) is 43.7 Å². The lowest BCUT2D eigenvalue weighted by molar-refractivity contribution is -0.139. The molecule has 2 fully saturated rings. The highest BCUT2D eigenvalue weighted by atomic mass is 19.4. The van der Waals surface area contributed by atoms with Crippen LogP contribution in [0.3, 0.4) is 0 Å². The summed E-state index contributed by atoms with van der Waals surface area (Å²) in [7, 11) is 3.11. The van der Waals surface area contributed by atoms with E-state index in [1.54, 1.807) is 36.2 Å². The number of alkyl halides is 6. The minimum absolute atomic E-state index is 0.0322. The molecule has 254 valence electrons. The van der Waals surface area contributed by atoms with Crippen LogP contribution in [-0.4, -0.2) is 89.6 Å². The van der Waals surface area contributed by atoms with Crippen molar-refractivity contribution in [1.29, 1.82) is 0 Å². The van der Waals surface area contributed by atoms with Gasteiger partial charge in [0.15, 0.2) is 0 Å².